The average Bonchev–Trinajstić information content (AvgIpc) is 2.56. The van der Waals surface area contributed by atoms with Crippen molar-refractivity contribution in [2.24, 2.45) is 0 Å². The third kappa shape index (κ3) is 4.77. The third-order valence-corrected chi connectivity index (χ3v) is 4.31. The fourth-order valence-electron chi connectivity index (χ4n) is 2.77. The Kier molecular flexibility index (Phi) is 6.12. The van der Waals surface area contributed by atoms with Gasteiger partial charge in [0.1, 0.15) is 13.1 Å². The molecule has 2 amide bonds. The van der Waals surface area contributed by atoms with Gasteiger partial charge in [0.15, 0.2) is 6.04 Å². The number of carbonyl (C=O) groups is 2. The predicted octanol–water partition coefficient (Wildman–Crippen LogP) is -0.338. The van der Waals surface area contributed by atoms with Crippen molar-refractivity contribution in [3.63, 3.8) is 0 Å². The van der Waals surface area contributed by atoms with Gasteiger partial charge in [-0.2, -0.15) is 0 Å². The van der Waals surface area contributed by atoms with Gasteiger partial charge in [-0.25, -0.2) is 0 Å². The first-order chi connectivity index (χ1) is 11.0. The van der Waals surface area contributed by atoms with Crippen LogP contribution in [-0.4, -0.2) is 50.7 Å². The summed E-state index contributed by atoms with van der Waals surface area (Å²) in [5.74, 6) is -0.307. The topological polar surface area (TPSA) is 71.9 Å². The lowest BCUT2D eigenvalue weighted by Crippen LogP contribution is -3.18. The van der Waals surface area contributed by atoms with Crippen molar-refractivity contribution in [2.45, 2.75) is 26.8 Å². The molecule has 0 unspecified atom stereocenters. The van der Waals surface area contributed by atoms with E-state index >= 15 is 0 Å². The Morgan fingerprint density at radius 2 is 1.83 bits per heavy atom. The number of para-hydroxylation sites is 1. The zero-order chi connectivity index (χ0) is 16.8. The lowest BCUT2D eigenvalue weighted by atomic mass is 10.1. The standard InChI is InChI=1S/C17H25N3O3/c1-12-5-4-6-13(2)16(12)19-15(21)11-18-17(22)14(3)20-7-9-23-10-8-20/h4-6,14H,7-11H2,1-3H3,(H,18,22)(H,19,21)/p+1/t14-/m0/s1. The molecule has 6 nitrogen and oxygen atoms in total. The smallest absolute Gasteiger partial charge is 0.278 e. The molecule has 126 valence electrons. The number of nitrogens with one attached hydrogen (secondary N) is 3. The van der Waals surface area contributed by atoms with E-state index in [1.165, 1.54) is 4.90 Å². The fourth-order valence-corrected chi connectivity index (χ4v) is 2.77. The first-order valence-corrected chi connectivity index (χ1v) is 8.05. The van der Waals surface area contributed by atoms with Crippen molar-refractivity contribution in [2.75, 3.05) is 38.2 Å². The van der Waals surface area contributed by atoms with E-state index in [1.807, 2.05) is 39.0 Å². The van der Waals surface area contributed by atoms with Gasteiger partial charge in [0.25, 0.3) is 5.91 Å². The molecule has 0 spiro atoms. The highest BCUT2D eigenvalue weighted by atomic mass is 16.5. The van der Waals surface area contributed by atoms with Gasteiger partial charge < -0.3 is 20.3 Å². The first-order valence-electron chi connectivity index (χ1n) is 8.05. The summed E-state index contributed by atoms with van der Waals surface area (Å²) >= 11 is 0. The molecule has 0 radical (unpaired) electrons. The Morgan fingerprint density at radius 1 is 1.22 bits per heavy atom. The molecule has 2 rings (SSSR count). The number of anilines is 1. The summed E-state index contributed by atoms with van der Waals surface area (Å²) in [4.78, 5) is 25.4. The molecule has 0 saturated carbocycles. The predicted molar refractivity (Wildman–Crippen MR) is 88.5 cm³/mol. The third-order valence-electron chi connectivity index (χ3n) is 4.31. The van der Waals surface area contributed by atoms with Crippen LogP contribution in [0.3, 0.4) is 0 Å². The fraction of sp³-hybridized carbons (Fsp3) is 0.529. The molecule has 0 aliphatic carbocycles. The number of amides is 2. The van der Waals surface area contributed by atoms with Crippen molar-refractivity contribution >= 4 is 17.5 Å². The summed E-state index contributed by atoms with van der Waals surface area (Å²) in [5.41, 5.74) is 2.84. The van der Waals surface area contributed by atoms with E-state index in [1.54, 1.807) is 0 Å². The van der Waals surface area contributed by atoms with Crippen molar-refractivity contribution in [3.8, 4) is 0 Å². The van der Waals surface area contributed by atoms with Gasteiger partial charge in [-0.3, -0.25) is 9.59 Å². The van der Waals surface area contributed by atoms with Gasteiger partial charge in [0.2, 0.25) is 5.91 Å². The molecule has 1 aromatic carbocycles. The molecule has 0 aromatic heterocycles. The van der Waals surface area contributed by atoms with Gasteiger partial charge in [-0.05, 0) is 31.9 Å². The number of hydrogen-bond donors (Lipinski definition) is 3. The number of aryl methyl sites for hydroxylation is 2. The molecular weight excluding hydrogens is 294 g/mol. The van der Waals surface area contributed by atoms with E-state index in [9.17, 15) is 9.59 Å². The van der Waals surface area contributed by atoms with Crippen LogP contribution in [0.25, 0.3) is 0 Å². The van der Waals surface area contributed by atoms with E-state index in [0.29, 0.717) is 13.2 Å². The van der Waals surface area contributed by atoms with Crippen LogP contribution in [0.4, 0.5) is 5.69 Å². The quantitative estimate of drug-likeness (QED) is 0.695. The van der Waals surface area contributed by atoms with Gasteiger partial charge in [-0.15, -0.1) is 0 Å². The maximum absolute atomic E-state index is 12.2. The number of ether oxygens (including phenoxy) is 1. The normalized spacial score (nSPS) is 16.7. The zero-order valence-corrected chi connectivity index (χ0v) is 14.1. The Hall–Kier alpha value is -1.92. The van der Waals surface area contributed by atoms with Gasteiger partial charge in [0.05, 0.1) is 19.8 Å². The van der Waals surface area contributed by atoms with Crippen LogP contribution < -0.4 is 15.5 Å². The van der Waals surface area contributed by atoms with Crippen LogP contribution in [0.15, 0.2) is 18.2 Å². The van der Waals surface area contributed by atoms with Crippen LogP contribution in [0, 0.1) is 13.8 Å². The molecular formula is C17H26N3O3+. The average molecular weight is 320 g/mol. The lowest BCUT2D eigenvalue weighted by Gasteiger charge is -2.28. The minimum atomic E-state index is -0.208. The molecule has 1 heterocycles. The van der Waals surface area contributed by atoms with E-state index < -0.39 is 0 Å². The Morgan fingerprint density at radius 3 is 2.43 bits per heavy atom. The second-order valence-corrected chi connectivity index (χ2v) is 6.03. The molecule has 1 aliphatic rings. The molecule has 6 heteroatoms. The Bertz CT molecular complexity index is 548. The second kappa shape index (κ2) is 8.08. The van der Waals surface area contributed by atoms with E-state index in [2.05, 4.69) is 10.6 Å². The number of benzene rings is 1. The highest BCUT2D eigenvalue weighted by Crippen LogP contribution is 2.18. The number of carbonyl (C=O) groups excluding carboxylic acids is 2. The van der Waals surface area contributed by atoms with Crippen molar-refractivity contribution < 1.29 is 19.2 Å². The van der Waals surface area contributed by atoms with Crippen LogP contribution in [0.5, 0.6) is 0 Å². The van der Waals surface area contributed by atoms with E-state index in [0.717, 1.165) is 29.9 Å². The summed E-state index contributed by atoms with van der Waals surface area (Å²) in [6.07, 6.45) is 0. The zero-order valence-electron chi connectivity index (χ0n) is 14.1. The maximum atomic E-state index is 12.2. The Labute approximate surface area is 137 Å². The maximum Gasteiger partial charge on any atom is 0.278 e. The minimum Gasteiger partial charge on any atom is -0.370 e. The van der Waals surface area contributed by atoms with Crippen molar-refractivity contribution in [1.29, 1.82) is 0 Å². The van der Waals surface area contributed by atoms with E-state index in [4.69, 9.17) is 4.74 Å². The van der Waals surface area contributed by atoms with Crippen molar-refractivity contribution in [3.05, 3.63) is 29.3 Å². The number of morpholine rings is 1. The summed E-state index contributed by atoms with van der Waals surface area (Å²) < 4.78 is 5.30. The molecule has 23 heavy (non-hydrogen) atoms. The van der Waals surface area contributed by atoms with Gasteiger partial charge >= 0.3 is 0 Å². The van der Waals surface area contributed by atoms with Crippen LogP contribution in [-0.2, 0) is 14.3 Å². The number of quaternary nitrogens is 1. The minimum absolute atomic E-state index is 0.0132. The monoisotopic (exact) mass is 320 g/mol. The lowest BCUT2D eigenvalue weighted by molar-refractivity contribution is -0.921. The highest BCUT2D eigenvalue weighted by molar-refractivity contribution is 5.96. The van der Waals surface area contributed by atoms with Gasteiger partial charge in [-0.1, -0.05) is 18.2 Å². The number of rotatable bonds is 5. The molecule has 1 aromatic rings. The summed E-state index contributed by atoms with van der Waals surface area (Å²) in [5, 5.41) is 5.60. The molecule has 1 fully saturated rings. The molecule has 0 bridgehead atoms. The highest BCUT2D eigenvalue weighted by Gasteiger charge is 2.26. The largest absolute Gasteiger partial charge is 0.370 e. The molecule has 1 saturated heterocycles. The summed E-state index contributed by atoms with van der Waals surface area (Å²) in [6.45, 7) is 8.78. The summed E-state index contributed by atoms with van der Waals surface area (Å²) in [7, 11) is 0. The van der Waals surface area contributed by atoms with Gasteiger partial charge in [0, 0.05) is 5.69 Å². The molecule has 3 N–H and O–H groups in total. The second-order valence-electron chi connectivity index (χ2n) is 6.03. The SMILES string of the molecule is Cc1cccc(C)c1NC(=O)CNC(=O)[C@H](C)[NH+]1CCOCC1. The molecule has 1 aliphatic heterocycles. The van der Waals surface area contributed by atoms with Crippen molar-refractivity contribution in [1.82, 2.24) is 5.32 Å². The van der Waals surface area contributed by atoms with Crippen LogP contribution >= 0.6 is 0 Å². The number of hydrogen-bond acceptors (Lipinski definition) is 3. The van der Waals surface area contributed by atoms with E-state index in [-0.39, 0.29) is 24.4 Å². The van der Waals surface area contributed by atoms with Crippen LogP contribution in [0.1, 0.15) is 18.1 Å². The van der Waals surface area contributed by atoms with Crippen LogP contribution in [0.2, 0.25) is 0 Å². The molecule has 1 atom stereocenters. The summed E-state index contributed by atoms with van der Waals surface area (Å²) in [6, 6.07) is 5.68. The first kappa shape index (κ1) is 17.4. The Balaban J connectivity index is 1.82.